The number of rotatable bonds is 3. The molecule has 0 aliphatic rings. The minimum atomic E-state index is 0.731. The van der Waals surface area contributed by atoms with Gasteiger partial charge in [-0.05, 0) is 35.2 Å². The third kappa shape index (κ3) is 2.25. The maximum Gasteiger partial charge on any atom is 0.157 e. The molecule has 0 atom stereocenters. The number of benzene rings is 2. The van der Waals surface area contributed by atoms with E-state index in [1.54, 1.807) is 6.21 Å². The number of oxime groups is 1. The summed E-state index contributed by atoms with van der Waals surface area (Å²) in [6.45, 7) is 0. The Morgan fingerprint density at radius 2 is 1.89 bits per heavy atom. The van der Waals surface area contributed by atoms with E-state index >= 15 is 0 Å². The largest absolute Gasteiger partial charge is 0.361 e. The number of aromatic nitrogens is 1. The molecule has 18 heavy (non-hydrogen) atoms. The van der Waals surface area contributed by atoms with E-state index in [0.717, 1.165) is 16.8 Å². The van der Waals surface area contributed by atoms with Gasteiger partial charge in [0.25, 0.3) is 0 Å². The van der Waals surface area contributed by atoms with Gasteiger partial charge in [0, 0.05) is 11.7 Å². The summed E-state index contributed by atoms with van der Waals surface area (Å²) < 4.78 is 0. The molecule has 3 nitrogen and oxygen atoms in total. The van der Waals surface area contributed by atoms with Crippen LogP contribution in [0.4, 0.5) is 0 Å². The first-order valence-corrected chi connectivity index (χ1v) is 5.74. The van der Waals surface area contributed by atoms with Crippen molar-refractivity contribution in [3.8, 4) is 5.75 Å². The Labute approximate surface area is 105 Å². The molecular weight excluding hydrogens is 224 g/mol. The van der Waals surface area contributed by atoms with Crippen molar-refractivity contribution >= 4 is 17.1 Å². The van der Waals surface area contributed by atoms with Crippen molar-refractivity contribution < 1.29 is 4.84 Å². The van der Waals surface area contributed by atoms with Crippen LogP contribution in [0.25, 0.3) is 10.9 Å². The lowest BCUT2D eigenvalue weighted by Crippen LogP contribution is -1.86. The molecule has 0 spiro atoms. The van der Waals surface area contributed by atoms with Crippen LogP contribution >= 0.6 is 0 Å². The molecule has 2 aromatic carbocycles. The number of nitrogens with zero attached hydrogens (tertiary/aromatic N) is 1. The number of H-pyrrole nitrogens is 1. The summed E-state index contributed by atoms with van der Waals surface area (Å²) >= 11 is 0. The highest BCUT2D eigenvalue weighted by Gasteiger charge is 1.95. The fourth-order valence-corrected chi connectivity index (χ4v) is 1.78. The van der Waals surface area contributed by atoms with E-state index in [-0.39, 0.29) is 0 Å². The summed E-state index contributed by atoms with van der Waals surface area (Å²) in [5, 5.41) is 5.16. The number of para-hydroxylation sites is 1. The first-order chi connectivity index (χ1) is 8.92. The van der Waals surface area contributed by atoms with Crippen molar-refractivity contribution in [2.24, 2.45) is 5.16 Å². The van der Waals surface area contributed by atoms with E-state index in [1.807, 2.05) is 54.7 Å². The Kier molecular flexibility index (Phi) is 2.80. The molecule has 0 fully saturated rings. The summed E-state index contributed by atoms with van der Waals surface area (Å²) in [6.07, 6.45) is 3.62. The van der Waals surface area contributed by atoms with Crippen LogP contribution in [0.1, 0.15) is 5.56 Å². The van der Waals surface area contributed by atoms with Gasteiger partial charge in [0.15, 0.2) is 5.75 Å². The van der Waals surface area contributed by atoms with E-state index < -0.39 is 0 Å². The minimum Gasteiger partial charge on any atom is -0.361 e. The fraction of sp³-hybridized carbons (Fsp3) is 0. The third-order valence-electron chi connectivity index (χ3n) is 2.68. The van der Waals surface area contributed by atoms with Crippen molar-refractivity contribution in [2.45, 2.75) is 0 Å². The van der Waals surface area contributed by atoms with Gasteiger partial charge in [0.05, 0.1) is 6.21 Å². The van der Waals surface area contributed by atoms with Crippen LogP contribution < -0.4 is 4.84 Å². The van der Waals surface area contributed by atoms with Gasteiger partial charge in [-0.1, -0.05) is 35.5 Å². The maximum absolute atomic E-state index is 5.26. The number of hydrogen-bond donors (Lipinski definition) is 1. The molecule has 0 saturated carbocycles. The second-order valence-corrected chi connectivity index (χ2v) is 3.96. The molecule has 0 bridgehead atoms. The van der Waals surface area contributed by atoms with Crippen molar-refractivity contribution in [1.82, 2.24) is 4.98 Å². The summed E-state index contributed by atoms with van der Waals surface area (Å²) in [4.78, 5) is 8.43. The maximum atomic E-state index is 5.26. The quantitative estimate of drug-likeness (QED) is 0.547. The molecule has 0 aliphatic carbocycles. The van der Waals surface area contributed by atoms with Crippen molar-refractivity contribution in [3.63, 3.8) is 0 Å². The smallest absolute Gasteiger partial charge is 0.157 e. The summed E-state index contributed by atoms with van der Waals surface area (Å²) in [5.74, 6) is 0.731. The molecule has 3 rings (SSSR count). The first kappa shape index (κ1) is 10.6. The van der Waals surface area contributed by atoms with Gasteiger partial charge in [-0.15, -0.1) is 0 Å². The molecule has 1 heterocycles. The number of fused-ring (bicyclic) bond motifs is 1. The normalized spacial score (nSPS) is 11.1. The molecule has 0 saturated heterocycles. The second kappa shape index (κ2) is 4.75. The van der Waals surface area contributed by atoms with Gasteiger partial charge in [0.1, 0.15) is 0 Å². The van der Waals surface area contributed by atoms with Crippen LogP contribution in [0.5, 0.6) is 5.75 Å². The third-order valence-corrected chi connectivity index (χ3v) is 2.68. The van der Waals surface area contributed by atoms with E-state index in [2.05, 4.69) is 16.2 Å². The molecule has 0 radical (unpaired) electrons. The predicted molar refractivity (Wildman–Crippen MR) is 73.0 cm³/mol. The second-order valence-electron chi connectivity index (χ2n) is 3.96. The average molecular weight is 236 g/mol. The van der Waals surface area contributed by atoms with E-state index in [1.165, 1.54) is 5.39 Å². The topological polar surface area (TPSA) is 37.4 Å². The first-order valence-electron chi connectivity index (χ1n) is 5.74. The van der Waals surface area contributed by atoms with Gasteiger partial charge in [0.2, 0.25) is 0 Å². The van der Waals surface area contributed by atoms with Crippen molar-refractivity contribution in [2.75, 3.05) is 0 Å². The highest BCUT2D eigenvalue weighted by atomic mass is 16.6. The minimum absolute atomic E-state index is 0.731. The van der Waals surface area contributed by atoms with Gasteiger partial charge < -0.3 is 9.82 Å². The fourth-order valence-electron chi connectivity index (χ4n) is 1.78. The molecule has 1 N–H and O–H groups in total. The van der Waals surface area contributed by atoms with E-state index in [4.69, 9.17) is 4.84 Å². The zero-order valence-corrected chi connectivity index (χ0v) is 9.71. The van der Waals surface area contributed by atoms with Gasteiger partial charge in [-0.2, -0.15) is 0 Å². The van der Waals surface area contributed by atoms with Crippen LogP contribution in [0.15, 0.2) is 65.9 Å². The lowest BCUT2D eigenvalue weighted by atomic mass is 10.2. The Hall–Kier alpha value is -2.55. The highest BCUT2D eigenvalue weighted by Crippen LogP contribution is 2.13. The lowest BCUT2D eigenvalue weighted by molar-refractivity contribution is 0.344. The lowest BCUT2D eigenvalue weighted by Gasteiger charge is -1.97. The van der Waals surface area contributed by atoms with Crippen LogP contribution in [-0.4, -0.2) is 11.2 Å². The highest BCUT2D eigenvalue weighted by molar-refractivity contribution is 5.88. The predicted octanol–water partition coefficient (Wildman–Crippen LogP) is 3.58. The molecule has 3 aromatic rings. The molecule has 0 unspecified atom stereocenters. The Bertz CT molecular complexity index is 671. The molecule has 3 heteroatoms. The summed E-state index contributed by atoms with van der Waals surface area (Å²) in [5.41, 5.74) is 2.10. The van der Waals surface area contributed by atoms with Crippen LogP contribution in [0.2, 0.25) is 0 Å². The molecule has 1 aromatic heterocycles. The Morgan fingerprint density at radius 1 is 1.00 bits per heavy atom. The zero-order valence-electron chi connectivity index (χ0n) is 9.71. The van der Waals surface area contributed by atoms with E-state index in [9.17, 15) is 0 Å². The van der Waals surface area contributed by atoms with Crippen molar-refractivity contribution in [1.29, 1.82) is 0 Å². The SMILES string of the molecule is C(=NOc1ccccc1)c1ccc2cc[nH]c2c1. The Morgan fingerprint density at radius 3 is 2.78 bits per heavy atom. The standard InChI is InChI=1S/C15H12N2O/c1-2-4-14(5-3-1)18-17-11-12-6-7-13-8-9-16-15(13)10-12/h1-11,16H. The number of hydrogen-bond acceptors (Lipinski definition) is 2. The monoisotopic (exact) mass is 236 g/mol. The van der Waals surface area contributed by atoms with Gasteiger partial charge >= 0.3 is 0 Å². The van der Waals surface area contributed by atoms with Gasteiger partial charge in [-0.25, -0.2) is 0 Å². The number of nitrogens with one attached hydrogen (secondary N) is 1. The Balaban J connectivity index is 1.75. The van der Waals surface area contributed by atoms with Crippen molar-refractivity contribution in [3.05, 3.63) is 66.4 Å². The average Bonchev–Trinajstić information content (AvgIpc) is 2.87. The molecule has 0 amide bonds. The van der Waals surface area contributed by atoms with Gasteiger partial charge in [-0.3, -0.25) is 0 Å². The number of aromatic amines is 1. The van der Waals surface area contributed by atoms with Crippen LogP contribution in [0.3, 0.4) is 0 Å². The van der Waals surface area contributed by atoms with Crippen LogP contribution in [0, 0.1) is 0 Å². The molecule has 0 aliphatic heterocycles. The molecule has 88 valence electrons. The summed E-state index contributed by atoms with van der Waals surface area (Å²) in [6, 6.07) is 17.6. The molecular formula is C15H12N2O. The zero-order chi connectivity index (χ0) is 12.2. The van der Waals surface area contributed by atoms with Crippen LogP contribution in [-0.2, 0) is 0 Å². The summed E-state index contributed by atoms with van der Waals surface area (Å²) in [7, 11) is 0. The van der Waals surface area contributed by atoms with E-state index in [0.29, 0.717) is 0 Å².